The largest absolute Gasteiger partial charge is 0.506 e. The first kappa shape index (κ1) is 57.1. The number of fused-ring (bicyclic) bond motifs is 2. The lowest BCUT2D eigenvalue weighted by atomic mass is 10.0. The van der Waals surface area contributed by atoms with E-state index in [4.69, 9.17) is 18.9 Å². The maximum atomic E-state index is 13.0. The van der Waals surface area contributed by atoms with Crippen LogP contribution in [-0.2, 0) is 13.9 Å². The summed E-state index contributed by atoms with van der Waals surface area (Å²) in [4.78, 5) is 42.6. The highest BCUT2D eigenvalue weighted by Gasteiger charge is 2.25. The van der Waals surface area contributed by atoms with E-state index in [1.807, 2.05) is 54.6 Å². The molecule has 1 aliphatic rings. The molecule has 6 aromatic carbocycles. The van der Waals surface area contributed by atoms with E-state index in [1.165, 1.54) is 25.4 Å². The van der Waals surface area contributed by atoms with Gasteiger partial charge in [0.1, 0.15) is 29.3 Å². The Bertz CT molecular complexity index is 3900. The highest BCUT2D eigenvalue weighted by Crippen LogP contribution is 2.42. The number of aromatic nitrogens is 8. The van der Waals surface area contributed by atoms with E-state index in [9.17, 15) is 24.9 Å². The number of aromatic amines is 1. The Morgan fingerprint density at radius 2 is 1.57 bits per heavy atom. The van der Waals surface area contributed by atoms with Crippen LogP contribution < -0.4 is 25.6 Å². The van der Waals surface area contributed by atoms with Crippen LogP contribution in [0.3, 0.4) is 0 Å². The number of azo groups is 3. The number of hydrogen-bond acceptors (Lipinski definition) is 27. The average molecular weight is 1160 g/mol. The van der Waals surface area contributed by atoms with Crippen molar-refractivity contribution in [1.29, 1.82) is 0 Å². The number of amides is 2. The van der Waals surface area contributed by atoms with Gasteiger partial charge in [0, 0.05) is 90.5 Å². The highest BCUT2D eigenvalue weighted by atomic mass is 32.2. The van der Waals surface area contributed by atoms with Crippen molar-refractivity contribution >= 4 is 108 Å². The molecule has 0 radical (unpaired) electrons. The molecule has 10 aromatic rings. The molecule has 11 rings (SSSR count). The second-order valence-corrected chi connectivity index (χ2v) is 18.3. The zero-order chi connectivity index (χ0) is 57.9. The number of carbonyl (C=O) groups excluding carboxylic acids is 2. The molecule has 1 fully saturated rings. The van der Waals surface area contributed by atoms with Crippen molar-refractivity contribution in [2.45, 2.75) is 6.92 Å². The number of phenols is 3. The van der Waals surface area contributed by atoms with Crippen molar-refractivity contribution in [2.75, 3.05) is 62.3 Å². The topological polar surface area (TPSA) is 364 Å². The van der Waals surface area contributed by atoms with Crippen molar-refractivity contribution in [3.05, 3.63) is 140 Å². The third kappa shape index (κ3) is 15.0. The third-order valence-electron chi connectivity index (χ3n) is 11.5. The van der Waals surface area contributed by atoms with E-state index >= 15 is 0 Å². The van der Waals surface area contributed by atoms with Crippen LogP contribution >= 0.6 is 23.4 Å². The van der Waals surface area contributed by atoms with Gasteiger partial charge >= 0.3 is 11.2 Å². The van der Waals surface area contributed by atoms with E-state index < -0.39 is 0 Å². The minimum absolute atomic E-state index is 0.0292. The minimum Gasteiger partial charge on any atom is -0.506 e. The van der Waals surface area contributed by atoms with Gasteiger partial charge in [-0.05, 0) is 59.9 Å². The van der Waals surface area contributed by atoms with Crippen LogP contribution in [0.1, 0.15) is 17.3 Å². The first-order valence-electron chi connectivity index (χ1n) is 24.7. The Morgan fingerprint density at radius 1 is 0.795 bits per heavy atom. The number of hydrogen-bond donors (Lipinski definition) is 7. The van der Waals surface area contributed by atoms with Gasteiger partial charge in [-0.2, -0.15) is 15.1 Å². The zero-order valence-electron chi connectivity index (χ0n) is 44.0. The Morgan fingerprint density at radius 3 is 2.33 bits per heavy atom. The standard InChI is InChI=1S/C24H18N6O3.C18H19N7O3.C11H11N5O4S2/c31-22-19-9-5-4-8-18(19)20(14-21(22)26-15-32-17-10-12-25-13-11-17)28-29-24-27-23(30-33-24)16-6-2-1-3-7-16;1-19-13-4-2-3-11-15(13)14(22-24-18-20-10-21-23-18)9-12(16(11)26)17(27)25-5-7-28-8-6-25;1-6(17)12-8-5-7(3-4-9(8)18)13-14-10-15-16-11(22-10)19-20-21-2/h1-14,26,31H,15H2;2-4,9-10,19,26H,5-8H2,1H3,(H,20,21,23);3-5,18H,1-2H3,(H,12,17). The molecular formula is C53H48N18O10S2. The molecule has 1 saturated heterocycles. The van der Waals surface area contributed by atoms with E-state index in [2.05, 4.69) is 91.5 Å². The van der Waals surface area contributed by atoms with Gasteiger partial charge in [0.05, 0.1) is 47.2 Å². The quantitative estimate of drug-likeness (QED) is 0.0111. The lowest BCUT2D eigenvalue weighted by molar-refractivity contribution is -0.114. The number of anilines is 3. The fourth-order valence-electron chi connectivity index (χ4n) is 7.75. The number of carbonyl (C=O) groups is 2. The molecule has 0 spiro atoms. The van der Waals surface area contributed by atoms with E-state index in [1.54, 1.807) is 79.1 Å². The number of benzene rings is 6. The van der Waals surface area contributed by atoms with Crippen LogP contribution in [0.2, 0.25) is 0 Å². The minimum atomic E-state index is -0.302. The first-order valence-corrected chi connectivity index (χ1v) is 26.7. The van der Waals surface area contributed by atoms with Crippen LogP contribution in [0.15, 0.2) is 169 Å². The van der Waals surface area contributed by atoms with Crippen molar-refractivity contribution in [3.63, 3.8) is 0 Å². The number of nitrogens with zero attached hydrogens (tertiary/aromatic N) is 14. The number of phenolic OH excluding ortho intramolecular Hbond substituents is 3. The van der Waals surface area contributed by atoms with Gasteiger partial charge in [-0.15, -0.1) is 35.0 Å². The molecule has 2 amide bonds. The summed E-state index contributed by atoms with van der Waals surface area (Å²) in [6, 6.07) is 33.4. The molecule has 0 bridgehead atoms. The molecule has 30 heteroatoms. The number of nitrogens with one attached hydrogen (secondary N) is 4. The summed E-state index contributed by atoms with van der Waals surface area (Å²) in [6.07, 6.45) is 6.30. The second-order valence-electron chi connectivity index (χ2n) is 16.9. The van der Waals surface area contributed by atoms with Gasteiger partial charge in [0.2, 0.25) is 11.7 Å². The van der Waals surface area contributed by atoms with Crippen LogP contribution in [0, 0.1) is 0 Å². The fraction of sp³-hybridized carbons (Fsp3) is 0.151. The maximum Gasteiger partial charge on any atom is 0.366 e. The summed E-state index contributed by atoms with van der Waals surface area (Å²) >= 11 is 2.08. The van der Waals surface area contributed by atoms with Crippen molar-refractivity contribution in [1.82, 2.24) is 45.4 Å². The number of rotatable bonds is 17. The number of pyridine rings is 1. The summed E-state index contributed by atoms with van der Waals surface area (Å²) in [6.45, 7) is 3.37. The molecule has 0 atom stereocenters. The lowest BCUT2D eigenvalue weighted by Gasteiger charge is -2.27. The van der Waals surface area contributed by atoms with Gasteiger partial charge < -0.3 is 50.2 Å². The number of aromatic hydroxyl groups is 3. The molecule has 0 aliphatic carbocycles. The molecule has 83 heavy (non-hydrogen) atoms. The van der Waals surface area contributed by atoms with E-state index in [0.717, 1.165) is 40.0 Å². The molecule has 4 aromatic heterocycles. The monoisotopic (exact) mass is 1160 g/mol. The highest BCUT2D eigenvalue weighted by molar-refractivity contribution is 7.93. The Kier molecular flexibility index (Phi) is 19.3. The smallest absolute Gasteiger partial charge is 0.366 e. The molecule has 5 heterocycles. The van der Waals surface area contributed by atoms with Crippen molar-refractivity contribution < 1.29 is 48.1 Å². The Hall–Kier alpha value is -10.6. The molecule has 28 nitrogen and oxygen atoms in total. The molecule has 0 unspecified atom stereocenters. The second kappa shape index (κ2) is 28.0. The predicted molar refractivity (Wildman–Crippen MR) is 307 cm³/mol. The number of morpholine rings is 1. The van der Waals surface area contributed by atoms with Gasteiger partial charge in [-0.1, -0.05) is 82.1 Å². The molecule has 1 aliphatic heterocycles. The molecule has 7 N–H and O–H groups in total. The fourth-order valence-corrected chi connectivity index (χ4v) is 8.39. The van der Waals surface area contributed by atoms with Gasteiger partial charge in [0.15, 0.2) is 6.73 Å². The van der Waals surface area contributed by atoms with Crippen LogP contribution in [0.4, 0.5) is 51.2 Å². The zero-order valence-corrected chi connectivity index (χ0v) is 45.6. The lowest BCUT2D eigenvalue weighted by Crippen LogP contribution is -2.40. The summed E-state index contributed by atoms with van der Waals surface area (Å²) in [7, 11) is 1.77. The van der Waals surface area contributed by atoms with Crippen LogP contribution in [-0.4, -0.2) is 119 Å². The summed E-state index contributed by atoms with van der Waals surface area (Å²) in [5, 5.41) is 85.1. The molecule has 0 saturated carbocycles. The van der Waals surface area contributed by atoms with Crippen molar-refractivity contribution in [3.8, 4) is 39.6 Å². The first-order chi connectivity index (χ1) is 40.5. The van der Waals surface area contributed by atoms with E-state index in [-0.39, 0.29) is 69.3 Å². The van der Waals surface area contributed by atoms with Crippen molar-refractivity contribution in [2.24, 2.45) is 30.7 Å². The maximum absolute atomic E-state index is 13.0. The van der Waals surface area contributed by atoms with Gasteiger partial charge in [0.25, 0.3) is 17.0 Å². The SMILES string of the molecule is CNc1cccc2c(O)c(C(=O)N3CCOCC3)cc(N=Nc3ncn[nH]3)c12.CSOOc1nnc(N=Nc2ccc(O)c(NC(C)=O)c2)s1.Oc1c(NCOc2ccncc2)cc(N=Nc2nc(-c3ccccc3)no2)c2ccccc12. The normalized spacial score (nSPS) is 12.3. The average Bonchev–Trinajstić information content (AvgIpc) is 4.14. The summed E-state index contributed by atoms with van der Waals surface area (Å²) < 4.78 is 20.8. The summed E-state index contributed by atoms with van der Waals surface area (Å²) in [5.74, 6) is 0.699. The number of H-pyrrole nitrogens is 1. The van der Waals surface area contributed by atoms with Crippen LogP contribution in [0.5, 0.6) is 28.2 Å². The van der Waals surface area contributed by atoms with Gasteiger partial charge in [-0.3, -0.25) is 19.5 Å². The Labute approximate surface area is 478 Å². The predicted octanol–water partition coefficient (Wildman–Crippen LogP) is 11.7. The van der Waals surface area contributed by atoms with Gasteiger partial charge in [-0.25, -0.2) is 5.10 Å². The molecular weight excluding hydrogens is 1110 g/mol. The Balaban J connectivity index is 0.000000153. The third-order valence-corrected chi connectivity index (χ3v) is 12.4. The summed E-state index contributed by atoms with van der Waals surface area (Å²) in [5.41, 5.74) is 3.84. The number of ether oxygens (including phenoxy) is 2. The molecule has 422 valence electrons. The van der Waals surface area contributed by atoms with E-state index in [0.29, 0.717) is 76.8 Å². The van der Waals surface area contributed by atoms with Crippen LogP contribution in [0.25, 0.3) is 32.9 Å².